The molecule has 0 spiro atoms. The summed E-state index contributed by atoms with van der Waals surface area (Å²) in [5.41, 5.74) is 0.475. The van der Waals surface area contributed by atoms with Crippen molar-refractivity contribution >= 4 is 56.7 Å². The van der Waals surface area contributed by atoms with E-state index in [1.54, 1.807) is 0 Å². The molecule has 148 valence electrons. The van der Waals surface area contributed by atoms with Gasteiger partial charge in [0.1, 0.15) is 15.6 Å². The first-order chi connectivity index (χ1) is 13.8. The van der Waals surface area contributed by atoms with Crippen molar-refractivity contribution in [2.45, 2.75) is 6.61 Å². The maximum Gasteiger partial charge on any atom is 0.387 e. The van der Waals surface area contributed by atoms with Gasteiger partial charge in [-0.05, 0) is 18.2 Å². The summed E-state index contributed by atoms with van der Waals surface area (Å²) in [6.45, 7) is -3.07. The van der Waals surface area contributed by atoms with Gasteiger partial charge in [-0.2, -0.15) is 8.78 Å². The molecule has 0 aliphatic carbocycles. The number of pyridine rings is 2. The summed E-state index contributed by atoms with van der Waals surface area (Å²) in [5.74, 6) is -0.857. The van der Waals surface area contributed by atoms with Gasteiger partial charge < -0.3 is 14.5 Å². The van der Waals surface area contributed by atoms with Crippen molar-refractivity contribution in [2.75, 3.05) is 5.32 Å². The number of carbonyl (C=O) groups is 1. The number of nitrogens with one attached hydrogen (secondary N) is 1. The van der Waals surface area contributed by atoms with Gasteiger partial charge >= 0.3 is 6.61 Å². The van der Waals surface area contributed by atoms with Crippen LogP contribution in [0.15, 0.2) is 47.4 Å². The minimum absolute atomic E-state index is 0.0130. The van der Waals surface area contributed by atoms with E-state index in [4.69, 9.17) is 27.6 Å². The van der Waals surface area contributed by atoms with Gasteiger partial charge in [0, 0.05) is 27.9 Å². The van der Waals surface area contributed by atoms with Crippen molar-refractivity contribution in [1.82, 2.24) is 4.98 Å². The Morgan fingerprint density at radius 3 is 2.66 bits per heavy atom. The van der Waals surface area contributed by atoms with Crippen LogP contribution in [0, 0.1) is 0 Å². The fourth-order valence-electron chi connectivity index (χ4n) is 2.89. The second kappa shape index (κ2) is 7.34. The zero-order valence-electron chi connectivity index (χ0n) is 14.2. The van der Waals surface area contributed by atoms with Crippen molar-refractivity contribution in [3.8, 4) is 5.75 Å². The van der Waals surface area contributed by atoms with E-state index >= 15 is 0 Å². The Morgan fingerprint density at radius 2 is 1.97 bits per heavy atom. The molecule has 1 aromatic carbocycles. The summed E-state index contributed by atoms with van der Waals surface area (Å²) in [4.78, 5) is 16.9. The SMILES string of the molecule is O=C(Nc1c(Cl)c[n+](O)cc1Cl)c1ccc(OC(F)F)c2oc3ccncc3c12. The third-order valence-electron chi connectivity index (χ3n) is 4.05. The lowest BCUT2D eigenvalue weighted by atomic mass is 10.1. The quantitative estimate of drug-likeness (QED) is 0.355. The molecule has 3 aromatic heterocycles. The highest BCUT2D eigenvalue weighted by molar-refractivity contribution is 6.39. The number of alkyl halides is 2. The normalized spacial score (nSPS) is 11.3. The molecule has 4 rings (SSSR count). The number of amides is 1. The average molecular weight is 441 g/mol. The molecule has 29 heavy (non-hydrogen) atoms. The number of furan rings is 1. The molecule has 2 N–H and O–H groups in total. The second-order valence-electron chi connectivity index (χ2n) is 5.83. The zero-order chi connectivity index (χ0) is 20.7. The smallest absolute Gasteiger partial charge is 0.387 e. The van der Waals surface area contributed by atoms with Crippen LogP contribution in [0.2, 0.25) is 10.0 Å². The Labute approximate surface area is 171 Å². The Hall–Kier alpha value is -3.17. The van der Waals surface area contributed by atoms with Crippen molar-refractivity contribution in [3.05, 3.63) is 58.6 Å². The first kappa shape index (κ1) is 19.2. The summed E-state index contributed by atoms with van der Waals surface area (Å²) in [7, 11) is 0. The molecule has 0 saturated carbocycles. The van der Waals surface area contributed by atoms with Gasteiger partial charge in [-0.3, -0.25) is 15.0 Å². The lowest BCUT2D eigenvalue weighted by molar-refractivity contribution is -0.904. The first-order valence-corrected chi connectivity index (χ1v) is 8.75. The number of carbonyl (C=O) groups excluding carboxylic acids is 1. The van der Waals surface area contributed by atoms with E-state index in [-0.39, 0.29) is 38.0 Å². The molecule has 11 heteroatoms. The Kier molecular flexibility index (Phi) is 4.85. The first-order valence-electron chi connectivity index (χ1n) is 8.00. The molecule has 0 unspecified atom stereocenters. The standard InChI is InChI=1S/C18H9Cl2F2N3O4/c19-10-6-25(27)7-11(20)15(10)24-17(26)8-1-2-13(29-18(21)22)16-14(8)9-5-23-4-3-12(9)28-16/h1-7,18,27H/p+1. The largest absolute Gasteiger partial charge is 0.452 e. The molecule has 1 amide bonds. The van der Waals surface area contributed by atoms with E-state index < -0.39 is 12.5 Å². The molecular weight excluding hydrogens is 431 g/mol. The number of fused-ring (bicyclic) bond motifs is 3. The average Bonchev–Trinajstić information content (AvgIpc) is 3.04. The van der Waals surface area contributed by atoms with Crippen LogP contribution in [0.3, 0.4) is 0 Å². The van der Waals surface area contributed by atoms with Crippen LogP contribution >= 0.6 is 23.2 Å². The lowest BCUT2D eigenvalue weighted by Gasteiger charge is -2.10. The lowest BCUT2D eigenvalue weighted by Crippen LogP contribution is -2.29. The van der Waals surface area contributed by atoms with Crippen LogP contribution < -0.4 is 14.8 Å². The Morgan fingerprint density at radius 1 is 1.24 bits per heavy atom. The van der Waals surface area contributed by atoms with Crippen molar-refractivity contribution < 1.29 is 32.7 Å². The molecule has 0 bridgehead atoms. The Bertz CT molecular complexity index is 1240. The van der Waals surface area contributed by atoms with Gasteiger partial charge in [-0.25, -0.2) is 0 Å². The van der Waals surface area contributed by atoms with Crippen LogP contribution in [0.25, 0.3) is 21.9 Å². The third-order valence-corrected chi connectivity index (χ3v) is 4.63. The van der Waals surface area contributed by atoms with E-state index in [1.165, 1.54) is 30.6 Å². The van der Waals surface area contributed by atoms with Crippen LogP contribution in [-0.4, -0.2) is 22.7 Å². The Balaban J connectivity index is 1.87. The maximum absolute atomic E-state index is 12.9. The predicted octanol–water partition coefficient (Wildman–Crippen LogP) is 4.67. The number of anilines is 1. The topological polar surface area (TPSA) is 88.5 Å². The van der Waals surface area contributed by atoms with Gasteiger partial charge in [0.25, 0.3) is 5.91 Å². The number of hydrogen-bond acceptors (Lipinski definition) is 5. The second-order valence-corrected chi connectivity index (χ2v) is 6.65. The third kappa shape index (κ3) is 3.50. The van der Waals surface area contributed by atoms with E-state index in [0.717, 1.165) is 12.4 Å². The van der Waals surface area contributed by atoms with Gasteiger partial charge in [0.2, 0.25) is 12.4 Å². The highest BCUT2D eigenvalue weighted by Gasteiger charge is 2.23. The summed E-state index contributed by atoms with van der Waals surface area (Å²) in [6.07, 6.45) is 5.18. The zero-order valence-corrected chi connectivity index (χ0v) is 15.7. The number of ether oxygens (including phenoxy) is 1. The fraction of sp³-hybridized carbons (Fsp3) is 0.0556. The summed E-state index contributed by atoms with van der Waals surface area (Å²) in [6, 6.07) is 4.05. The van der Waals surface area contributed by atoms with Crippen molar-refractivity contribution in [1.29, 1.82) is 0 Å². The molecule has 0 radical (unpaired) electrons. The highest BCUT2D eigenvalue weighted by Crippen LogP contribution is 2.38. The minimum Gasteiger partial charge on any atom is -0.452 e. The van der Waals surface area contributed by atoms with Crippen LogP contribution in [0.1, 0.15) is 10.4 Å². The molecule has 3 heterocycles. The number of nitrogens with zero attached hydrogens (tertiary/aromatic N) is 2. The molecule has 0 aliphatic rings. The molecule has 7 nitrogen and oxygen atoms in total. The number of halogens is 4. The molecule has 0 atom stereocenters. The van der Waals surface area contributed by atoms with Crippen molar-refractivity contribution in [2.24, 2.45) is 0 Å². The molecule has 0 fully saturated rings. The molecular formula is C18H10Cl2F2N3O4+. The monoisotopic (exact) mass is 440 g/mol. The van der Waals surface area contributed by atoms with E-state index in [1.807, 2.05) is 0 Å². The van der Waals surface area contributed by atoms with E-state index in [0.29, 0.717) is 15.7 Å². The number of benzene rings is 1. The van der Waals surface area contributed by atoms with Gasteiger partial charge in [0.05, 0.1) is 11.3 Å². The molecule has 4 aromatic rings. The van der Waals surface area contributed by atoms with Crippen LogP contribution in [0.4, 0.5) is 14.5 Å². The predicted molar refractivity (Wildman–Crippen MR) is 99.9 cm³/mol. The molecule has 0 aliphatic heterocycles. The highest BCUT2D eigenvalue weighted by atomic mass is 35.5. The van der Waals surface area contributed by atoms with Crippen LogP contribution in [-0.2, 0) is 0 Å². The number of hydrogen-bond donors (Lipinski definition) is 2. The summed E-state index contributed by atoms with van der Waals surface area (Å²) >= 11 is 12.1. The summed E-state index contributed by atoms with van der Waals surface area (Å²) in [5, 5.41) is 12.6. The van der Waals surface area contributed by atoms with Crippen molar-refractivity contribution in [3.63, 3.8) is 0 Å². The fourth-order valence-corrected chi connectivity index (χ4v) is 3.44. The number of aromatic nitrogens is 2. The molecule has 0 saturated heterocycles. The van der Waals surface area contributed by atoms with Gasteiger partial charge in [-0.1, -0.05) is 23.2 Å². The van der Waals surface area contributed by atoms with Gasteiger partial charge in [0.15, 0.2) is 11.3 Å². The van der Waals surface area contributed by atoms with E-state index in [9.17, 15) is 18.8 Å². The van der Waals surface area contributed by atoms with Gasteiger partial charge in [-0.15, -0.1) is 0 Å². The summed E-state index contributed by atoms with van der Waals surface area (Å²) < 4.78 is 36.3. The van der Waals surface area contributed by atoms with E-state index in [2.05, 4.69) is 15.0 Å². The maximum atomic E-state index is 12.9. The number of rotatable bonds is 4. The minimum atomic E-state index is -3.07. The van der Waals surface area contributed by atoms with Crippen LogP contribution in [0.5, 0.6) is 5.75 Å².